The summed E-state index contributed by atoms with van der Waals surface area (Å²) < 4.78 is 0. The summed E-state index contributed by atoms with van der Waals surface area (Å²) in [5.74, 6) is -0.0771. The number of carbonyl (C=O) groups is 1. The Hall–Kier alpha value is -2.42. The van der Waals surface area contributed by atoms with Crippen molar-refractivity contribution >= 4 is 5.91 Å². The lowest BCUT2D eigenvalue weighted by molar-refractivity contribution is -0.128. The predicted octanol–water partition coefficient (Wildman–Crippen LogP) is 0.659. The molecule has 1 N–H and O–H groups in total. The molecular formula is C14H14N4O2. The van der Waals surface area contributed by atoms with Crippen molar-refractivity contribution in [2.75, 3.05) is 6.54 Å². The zero-order chi connectivity index (χ0) is 14.1. The second-order valence-electron chi connectivity index (χ2n) is 5.06. The molecule has 1 aliphatic heterocycles. The first kappa shape index (κ1) is 12.6. The maximum absolute atomic E-state index is 12.5. The molecule has 6 nitrogen and oxygen atoms in total. The molecule has 1 aliphatic carbocycles. The number of aromatic nitrogens is 2. The fraction of sp³-hybridized carbons (Fsp3) is 0.429. The first-order valence-corrected chi connectivity index (χ1v) is 6.67. The Morgan fingerprint density at radius 1 is 1.40 bits per heavy atom. The fourth-order valence-electron chi connectivity index (χ4n) is 2.83. The molecule has 6 heteroatoms. The fourth-order valence-corrected chi connectivity index (χ4v) is 2.83. The largest absolute Gasteiger partial charge is 0.333 e. The van der Waals surface area contributed by atoms with Gasteiger partial charge in [-0.15, -0.1) is 0 Å². The van der Waals surface area contributed by atoms with Crippen LogP contribution in [-0.4, -0.2) is 27.3 Å². The first-order valence-electron chi connectivity index (χ1n) is 6.67. The van der Waals surface area contributed by atoms with E-state index in [0.717, 1.165) is 6.42 Å². The van der Waals surface area contributed by atoms with E-state index in [2.05, 4.69) is 16.0 Å². The Morgan fingerprint density at radius 3 is 3.05 bits per heavy atom. The predicted molar refractivity (Wildman–Crippen MR) is 70.5 cm³/mol. The summed E-state index contributed by atoms with van der Waals surface area (Å²) in [7, 11) is 0. The summed E-state index contributed by atoms with van der Waals surface area (Å²) in [5, 5.41) is 9.04. The number of nitriles is 1. The molecule has 0 spiro atoms. The van der Waals surface area contributed by atoms with Gasteiger partial charge in [-0.3, -0.25) is 9.59 Å². The molecule has 0 saturated heterocycles. The molecule has 0 bridgehead atoms. The van der Waals surface area contributed by atoms with Crippen LogP contribution >= 0.6 is 0 Å². The van der Waals surface area contributed by atoms with Gasteiger partial charge >= 0.3 is 0 Å². The van der Waals surface area contributed by atoms with Gasteiger partial charge in [0.05, 0.1) is 24.6 Å². The van der Waals surface area contributed by atoms with Crippen molar-refractivity contribution < 1.29 is 4.79 Å². The summed E-state index contributed by atoms with van der Waals surface area (Å²) >= 11 is 0. The SMILES string of the molecule is N#CC1=C(C(=O)N2CCc3c(nc[nH]c3=O)C2)CCC1. The van der Waals surface area contributed by atoms with Gasteiger partial charge in [-0.25, -0.2) is 4.98 Å². The Bertz CT molecular complexity index is 696. The van der Waals surface area contributed by atoms with E-state index in [0.29, 0.717) is 54.8 Å². The monoisotopic (exact) mass is 270 g/mol. The topological polar surface area (TPSA) is 89.8 Å². The molecule has 0 fully saturated rings. The van der Waals surface area contributed by atoms with E-state index < -0.39 is 0 Å². The van der Waals surface area contributed by atoms with Crippen LogP contribution in [0, 0.1) is 11.3 Å². The van der Waals surface area contributed by atoms with Crippen LogP contribution in [0.2, 0.25) is 0 Å². The number of allylic oxidation sites excluding steroid dienone is 1. The number of nitrogens with one attached hydrogen (secondary N) is 1. The molecule has 1 amide bonds. The number of nitrogens with zero attached hydrogens (tertiary/aromatic N) is 3. The van der Waals surface area contributed by atoms with Crippen molar-refractivity contribution in [2.24, 2.45) is 0 Å². The average molecular weight is 270 g/mol. The van der Waals surface area contributed by atoms with E-state index in [-0.39, 0.29) is 11.5 Å². The van der Waals surface area contributed by atoms with Gasteiger partial charge in [-0.1, -0.05) is 0 Å². The molecule has 20 heavy (non-hydrogen) atoms. The lowest BCUT2D eigenvalue weighted by Crippen LogP contribution is -2.39. The number of rotatable bonds is 1. The van der Waals surface area contributed by atoms with Gasteiger partial charge in [0.15, 0.2) is 0 Å². The van der Waals surface area contributed by atoms with Gasteiger partial charge < -0.3 is 9.88 Å². The molecule has 102 valence electrons. The third-order valence-corrected chi connectivity index (χ3v) is 3.91. The molecule has 0 radical (unpaired) electrons. The Balaban J connectivity index is 1.86. The number of fused-ring (bicyclic) bond motifs is 1. The van der Waals surface area contributed by atoms with Crippen molar-refractivity contribution in [1.82, 2.24) is 14.9 Å². The van der Waals surface area contributed by atoms with E-state index in [1.807, 2.05) is 0 Å². The van der Waals surface area contributed by atoms with Crippen LogP contribution in [0.4, 0.5) is 0 Å². The summed E-state index contributed by atoms with van der Waals surface area (Å²) in [6.45, 7) is 0.850. The Morgan fingerprint density at radius 2 is 2.25 bits per heavy atom. The Labute approximate surface area is 115 Å². The second kappa shape index (κ2) is 4.93. The minimum absolute atomic E-state index is 0.0771. The molecular weight excluding hydrogens is 256 g/mol. The van der Waals surface area contributed by atoms with Gasteiger partial charge in [0.1, 0.15) is 0 Å². The maximum atomic E-state index is 12.5. The van der Waals surface area contributed by atoms with Crippen LogP contribution in [0.5, 0.6) is 0 Å². The molecule has 0 saturated carbocycles. The Kier molecular flexibility index (Phi) is 3.11. The van der Waals surface area contributed by atoms with Crippen LogP contribution in [0.25, 0.3) is 0 Å². The van der Waals surface area contributed by atoms with Crippen molar-refractivity contribution in [3.63, 3.8) is 0 Å². The van der Waals surface area contributed by atoms with Gasteiger partial charge in [0, 0.05) is 23.3 Å². The van der Waals surface area contributed by atoms with Crippen molar-refractivity contribution in [2.45, 2.75) is 32.2 Å². The molecule has 2 heterocycles. The van der Waals surface area contributed by atoms with Crippen molar-refractivity contribution in [3.8, 4) is 6.07 Å². The maximum Gasteiger partial charge on any atom is 0.254 e. The normalized spacial score (nSPS) is 17.9. The van der Waals surface area contributed by atoms with Crippen LogP contribution < -0.4 is 5.56 Å². The molecule has 0 atom stereocenters. The van der Waals surface area contributed by atoms with E-state index in [4.69, 9.17) is 5.26 Å². The molecule has 0 aromatic carbocycles. The smallest absolute Gasteiger partial charge is 0.254 e. The van der Waals surface area contributed by atoms with Gasteiger partial charge in [-0.05, 0) is 25.7 Å². The summed E-state index contributed by atoms with van der Waals surface area (Å²) in [6, 6.07) is 2.12. The number of carbonyl (C=O) groups excluding carboxylic acids is 1. The summed E-state index contributed by atoms with van der Waals surface area (Å²) in [4.78, 5) is 32.5. The van der Waals surface area contributed by atoms with E-state index in [1.165, 1.54) is 6.33 Å². The summed E-state index contributed by atoms with van der Waals surface area (Å²) in [5.41, 5.74) is 2.45. The first-order chi connectivity index (χ1) is 9.70. The minimum atomic E-state index is -0.125. The number of amides is 1. The van der Waals surface area contributed by atoms with Crippen LogP contribution in [0.1, 0.15) is 30.5 Å². The van der Waals surface area contributed by atoms with E-state index in [1.54, 1.807) is 4.90 Å². The van der Waals surface area contributed by atoms with E-state index in [9.17, 15) is 9.59 Å². The quantitative estimate of drug-likeness (QED) is 0.811. The highest BCUT2D eigenvalue weighted by Gasteiger charge is 2.28. The van der Waals surface area contributed by atoms with Gasteiger partial charge in [0.25, 0.3) is 11.5 Å². The van der Waals surface area contributed by atoms with Gasteiger partial charge in [-0.2, -0.15) is 5.26 Å². The number of hydrogen-bond donors (Lipinski definition) is 1. The highest BCUT2D eigenvalue weighted by molar-refractivity contribution is 5.95. The lowest BCUT2D eigenvalue weighted by Gasteiger charge is -2.28. The zero-order valence-corrected chi connectivity index (χ0v) is 11.0. The minimum Gasteiger partial charge on any atom is -0.333 e. The van der Waals surface area contributed by atoms with Crippen LogP contribution in [-0.2, 0) is 17.8 Å². The van der Waals surface area contributed by atoms with Crippen molar-refractivity contribution in [3.05, 3.63) is 39.1 Å². The number of H-pyrrole nitrogens is 1. The second-order valence-corrected chi connectivity index (χ2v) is 5.06. The van der Waals surface area contributed by atoms with Gasteiger partial charge in [0.2, 0.25) is 0 Å². The highest BCUT2D eigenvalue weighted by atomic mass is 16.2. The van der Waals surface area contributed by atoms with Crippen LogP contribution in [0.15, 0.2) is 22.3 Å². The molecule has 0 unspecified atom stereocenters. The highest BCUT2D eigenvalue weighted by Crippen LogP contribution is 2.28. The molecule has 3 rings (SSSR count). The number of hydrogen-bond acceptors (Lipinski definition) is 4. The third-order valence-electron chi connectivity index (χ3n) is 3.91. The zero-order valence-electron chi connectivity index (χ0n) is 11.0. The van der Waals surface area contributed by atoms with E-state index >= 15 is 0 Å². The lowest BCUT2D eigenvalue weighted by atomic mass is 10.0. The molecule has 1 aromatic heterocycles. The van der Waals surface area contributed by atoms with Crippen molar-refractivity contribution in [1.29, 1.82) is 5.26 Å². The van der Waals surface area contributed by atoms with Crippen LogP contribution in [0.3, 0.4) is 0 Å². The molecule has 2 aliphatic rings. The number of aromatic amines is 1. The summed E-state index contributed by atoms with van der Waals surface area (Å²) in [6.07, 6.45) is 4.12. The standard InChI is InChI=1S/C14H14N4O2/c15-6-9-2-1-3-10(9)14(20)18-5-4-11-12(7-18)16-8-17-13(11)19/h8H,1-5,7H2,(H,16,17,19). The average Bonchev–Trinajstić information content (AvgIpc) is 2.95. The molecule has 1 aromatic rings. The third kappa shape index (κ3) is 2.01.